The van der Waals surface area contributed by atoms with E-state index in [1.54, 1.807) is 6.21 Å². The van der Waals surface area contributed by atoms with Crippen molar-refractivity contribution in [2.24, 2.45) is 10.9 Å². The number of hydrogen-bond acceptors (Lipinski definition) is 7. The van der Waals surface area contributed by atoms with Gasteiger partial charge in [0.05, 0.1) is 26.4 Å². The summed E-state index contributed by atoms with van der Waals surface area (Å²) in [5, 5.41) is 21.4. The molecule has 0 atom stereocenters. The Hall–Kier alpha value is -2.86. The Morgan fingerprint density at radius 3 is 2.12 bits per heavy atom. The van der Waals surface area contributed by atoms with E-state index in [1.807, 2.05) is 12.1 Å². The molecule has 0 bridgehead atoms. The molecular weight excluding hydrogens is 443 g/mol. The maximum atomic E-state index is 11.0. The SMILES string of the molecule is C[N+]1(CC(=O)O)CCC(N2CCN(c3ccc(/C=N\N)cc3)CC2)CC1.O=C([O-])C(F)(F)F. The minimum Gasteiger partial charge on any atom is -0.542 e. The third-order valence-corrected chi connectivity index (χ3v) is 6.07. The number of hydrogen-bond donors (Lipinski definition) is 2. The molecular formula is C21H30F3N5O4. The van der Waals surface area contributed by atoms with E-state index < -0.39 is 18.1 Å². The van der Waals surface area contributed by atoms with Crippen LogP contribution in [0, 0.1) is 0 Å². The van der Waals surface area contributed by atoms with E-state index in [-0.39, 0.29) is 6.54 Å². The molecule has 3 rings (SSSR count). The van der Waals surface area contributed by atoms with Crippen LogP contribution in [0.25, 0.3) is 0 Å². The van der Waals surface area contributed by atoms with Gasteiger partial charge in [0.15, 0.2) is 6.54 Å². The van der Waals surface area contributed by atoms with Crippen LogP contribution in [0.4, 0.5) is 18.9 Å². The summed E-state index contributed by atoms with van der Waals surface area (Å²) in [6.45, 7) is 6.36. The van der Waals surface area contributed by atoms with Crippen molar-refractivity contribution in [3.63, 3.8) is 0 Å². The number of benzene rings is 1. The predicted molar refractivity (Wildman–Crippen MR) is 115 cm³/mol. The molecule has 9 nitrogen and oxygen atoms in total. The Labute approximate surface area is 190 Å². The molecule has 2 aliphatic heterocycles. The van der Waals surface area contributed by atoms with Crippen molar-refractivity contribution >= 4 is 23.8 Å². The number of quaternary nitrogens is 1. The van der Waals surface area contributed by atoms with Gasteiger partial charge in [-0.15, -0.1) is 0 Å². The number of halogens is 3. The van der Waals surface area contributed by atoms with Crippen LogP contribution in [0.15, 0.2) is 29.4 Å². The third-order valence-electron chi connectivity index (χ3n) is 6.07. The first kappa shape index (κ1) is 26.4. The highest BCUT2D eigenvalue weighted by molar-refractivity contribution is 5.80. The monoisotopic (exact) mass is 473 g/mol. The fourth-order valence-corrected chi connectivity index (χ4v) is 4.23. The zero-order valence-electron chi connectivity index (χ0n) is 18.5. The number of nitrogens with zero attached hydrogens (tertiary/aromatic N) is 4. The average Bonchev–Trinajstić information content (AvgIpc) is 2.74. The van der Waals surface area contributed by atoms with Crippen molar-refractivity contribution in [2.75, 3.05) is 57.8 Å². The average molecular weight is 473 g/mol. The second-order valence-electron chi connectivity index (χ2n) is 8.53. The summed E-state index contributed by atoms with van der Waals surface area (Å²) < 4.78 is 32.2. The Morgan fingerprint density at radius 2 is 1.70 bits per heavy atom. The fraction of sp³-hybridized carbons (Fsp3) is 0.571. The lowest BCUT2D eigenvalue weighted by molar-refractivity contribution is -0.907. The van der Waals surface area contributed by atoms with E-state index >= 15 is 0 Å². The van der Waals surface area contributed by atoms with Gasteiger partial charge in [0.1, 0.15) is 5.97 Å². The van der Waals surface area contributed by atoms with Gasteiger partial charge in [0, 0.05) is 50.7 Å². The summed E-state index contributed by atoms with van der Waals surface area (Å²) in [7, 11) is 2.07. The van der Waals surface area contributed by atoms with E-state index in [0.29, 0.717) is 10.5 Å². The number of anilines is 1. The van der Waals surface area contributed by atoms with Crippen molar-refractivity contribution < 1.29 is 37.5 Å². The van der Waals surface area contributed by atoms with Crippen molar-refractivity contribution in [3.8, 4) is 0 Å². The van der Waals surface area contributed by atoms with Crippen molar-refractivity contribution in [1.82, 2.24) is 4.90 Å². The molecule has 2 fully saturated rings. The van der Waals surface area contributed by atoms with Crippen LogP contribution in [-0.2, 0) is 9.59 Å². The summed E-state index contributed by atoms with van der Waals surface area (Å²) >= 11 is 0. The molecule has 1 aromatic rings. The molecule has 0 aliphatic carbocycles. The quantitative estimate of drug-likeness (QED) is 0.269. The van der Waals surface area contributed by atoms with Gasteiger partial charge in [0.2, 0.25) is 0 Å². The van der Waals surface area contributed by atoms with Crippen molar-refractivity contribution in [2.45, 2.75) is 25.1 Å². The van der Waals surface area contributed by atoms with Gasteiger partial charge in [-0.1, -0.05) is 12.1 Å². The number of piperazine rings is 1. The molecule has 0 unspecified atom stereocenters. The van der Waals surface area contributed by atoms with Gasteiger partial charge >= 0.3 is 12.1 Å². The van der Waals surface area contributed by atoms with Gasteiger partial charge < -0.3 is 30.2 Å². The summed E-state index contributed by atoms with van der Waals surface area (Å²) in [5.41, 5.74) is 2.26. The molecule has 0 spiro atoms. The van der Waals surface area contributed by atoms with Crippen LogP contribution in [-0.4, -0.2) is 97.7 Å². The first-order chi connectivity index (χ1) is 15.4. The molecule has 33 heavy (non-hydrogen) atoms. The topological polar surface area (TPSA) is 122 Å². The molecule has 2 saturated heterocycles. The number of likely N-dealkylation sites (N-methyl/N-ethyl adjacent to an activating group) is 1. The summed E-state index contributed by atoms with van der Waals surface area (Å²) in [6, 6.07) is 8.94. The summed E-state index contributed by atoms with van der Waals surface area (Å²) in [6.07, 6.45) is -1.35. The number of alkyl halides is 3. The van der Waals surface area contributed by atoms with Crippen LogP contribution >= 0.6 is 0 Å². The smallest absolute Gasteiger partial charge is 0.430 e. The maximum Gasteiger partial charge on any atom is 0.430 e. The number of piperidine rings is 1. The molecule has 184 valence electrons. The number of carbonyl (C=O) groups is 2. The molecule has 1 aromatic carbocycles. The highest BCUT2D eigenvalue weighted by Gasteiger charge is 2.35. The second-order valence-corrected chi connectivity index (χ2v) is 8.53. The normalized spacial score (nSPS) is 24.2. The number of nitrogens with two attached hydrogens (primary N) is 1. The van der Waals surface area contributed by atoms with E-state index in [1.165, 1.54) is 5.69 Å². The predicted octanol–water partition coefficient (Wildman–Crippen LogP) is 0.0934. The highest BCUT2D eigenvalue weighted by Crippen LogP contribution is 2.24. The lowest BCUT2D eigenvalue weighted by Gasteiger charge is -2.45. The van der Waals surface area contributed by atoms with Gasteiger partial charge in [-0.25, -0.2) is 4.79 Å². The minimum absolute atomic E-state index is 0.241. The van der Waals surface area contributed by atoms with Gasteiger partial charge in [-0.2, -0.15) is 18.3 Å². The van der Waals surface area contributed by atoms with Crippen LogP contribution in [0.5, 0.6) is 0 Å². The van der Waals surface area contributed by atoms with Crippen LogP contribution in [0.1, 0.15) is 18.4 Å². The standard InChI is InChI=1S/C19H29N5O2.C2HF3O2/c1-24(15-19(25)26)12-6-18(7-13-24)23-10-8-22(9-11-23)17-4-2-16(3-5-17)14-21-20;3-2(4,5)1(6)7/h2-5,14,18H,6-13,15,20H2,1H3;(H,6,7)/b21-14-;. The van der Waals surface area contributed by atoms with Gasteiger partial charge in [-0.3, -0.25) is 4.90 Å². The number of likely N-dealkylation sites (tertiary alicyclic amines) is 1. The minimum atomic E-state index is -5.19. The Morgan fingerprint density at radius 1 is 1.18 bits per heavy atom. The lowest BCUT2D eigenvalue weighted by atomic mass is 10.00. The molecule has 2 heterocycles. The molecule has 0 radical (unpaired) electrons. The van der Waals surface area contributed by atoms with E-state index in [0.717, 1.165) is 57.7 Å². The molecule has 0 amide bonds. The molecule has 2 aliphatic rings. The van der Waals surface area contributed by atoms with Gasteiger partial charge in [-0.05, 0) is 17.7 Å². The molecule has 3 N–H and O–H groups in total. The zero-order valence-corrected chi connectivity index (χ0v) is 18.5. The first-order valence-electron chi connectivity index (χ1n) is 10.6. The Kier molecular flexibility index (Phi) is 9.06. The largest absolute Gasteiger partial charge is 0.542 e. The second kappa shape index (κ2) is 11.3. The maximum absolute atomic E-state index is 11.0. The number of aliphatic carboxylic acids is 2. The van der Waals surface area contributed by atoms with Crippen molar-refractivity contribution in [3.05, 3.63) is 29.8 Å². The van der Waals surface area contributed by atoms with E-state index in [4.69, 9.17) is 20.9 Å². The van der Waals surface area contributed by atoms with E-state index in [9.17, 15) is 18.0 Å². The molecule has 0 aromatic heterocycles. The fourth-order valence-electron chi connectivity index (χ4n) is 4.23. The van der Waals surface area contributed by atoms with Crippen LogP contribution in [0.2, 0.25) is 0 Å². The number of rotatable bonds is 5. The Balaban J connectivity index is 0.000000479. The van der Waals surface area contributed by atoms with Crippen LogP contribution in [0.3, 0.4) is 0 Å². The molecule has 12 heteroatoms. The first-order valence-corrected chi connectivity index (χ1v) is 10.6. The zero-order chi connectivity index (χ0) is 24.6. The van der Waals surface area contributed by atoms with Crippen molar-refractivity contribution in [1.29, 1.82) is 0 Å². The molecule has 0 saturated carbocycles. The third kappa shape index (κ3) is 8.21. The number of carboxylic acid groups (broad SMARTS) is 2. The Bertz CT molecular complexity index is 816. The number of carboxylic acids is 2. The van der Waals surface area contributed by atoms with Crippen LogP contribution < -0.4 is 15.8 Å². The number of hydrazone groups is 1. The highest BCUT2D eigenvalue weighted by atomic mass is 19.4. The van der Waals surface area contributed by atoms with E-state index in [2.05, 4.69) is 34.1 Å². The summed E-state index contributed by atoms with van der Waals surface area (Å²) in [4.78, 5) is 24.8. The summed E-state index contributed by atoms with van der Waals surface area (Å²) in [5.74, 6) is 1.49. The number of carbonyl (C=O) groups excluding carboxylic acids is 1. The lowest BCUT2D eigenvalue weighted by Crippen LogP contribution is -2.58. The van der Waals surface area contributed by atoms with Gasteiger partial charge in [0.25, 0.3) is 0 Å².